The molecule has 1 atom stereocenters. The molecule has 1 saturated heterocycles. The van der Waals surface area contributed by atoms with Crippen molar-refractivity contribution >= 4 is 11.8 Å². The van der Waals surface area contributed by atoms with Crippen LogP contribution >= 0.6 is 0 Å². The molecular weight excluding hydrogens is 142 g/mol. The van der Waals surface area contributed by atoms with Gasteiger partial charge in [0, 0.05) is 12.8 Å². The first-order chi connectivity index (χ1) is 5.16. The van der Waals surface area contributed by atoms with Gasteiger partial charge in [0.2, 0.25) is 11.8 Å². The van der Waals surface area contributed by atoms with Crippen molar-refractivity contribution in [2.75, 3.05) is 0 Å². The van der Waals surface area contributed by atoms with Gasteiger partial charge < -0.3 is 0 Å². The lowest BCUT2D eigenvalue weighted by atomic mass is 10.3. The quantitative estimate of drug-likeness (QED) is 0.433. The van der Waals surface area contributed by atoms with Gasteiger partial charge in [0.15, 0.2) is 0 Å². The molecule has 0 aliphatic carbocycles. The van der Waals surface area contributed by atoms with E-state index in [1.54, 1.807) is 13.0 Å². The van der Waals surface area contributed by atoms with Crippen LogP contribution in [0.3, 0.4) is 0 Å². The molecule has 11 heavy (non-hydrogen) atoms. The first kappa shape index (κ1) is 7.98. The Morgan fingerprint density at radius 2 is 1.91 bits per heavy atom. The highest BCUT2D eigenvalue weighted by Gasteiger charge is 2.31. The van der Waals surface area contributed by atoms with Gasteiger partial charge in [-0.25, -0.2) is 0 Å². The van der Waals surface area contributed by atoms with E-state index in [0.717, 1.165) is 0 Å². The zero-order valence-corrected chi connectivity index (χ0v) is 6.54. The van der Waals surface area contributed by atoms with Crippen LogP contribution in [0.2, 0.25) is 0 Å². The van der Waals surface area contributed by atoms with Crippen LogP contribution in [0.1, 0.15) is 19.8 Å². The van der Waals surface area contributed by atoms with Gasteiger partial charge in [-0.3, -0.25) is 14.5 Å². The maximum atomic E-state index is 11.0. The minimum Gasteiger partial charge on any atom is -0.276 e. The van der Waals surface area contributed by atoms with Crippen LogP contribution in [0.25, 0.3) is 0 Å². The second-order valence-corrected chi connectivity index (χ2v) is 2.63. The molecule has 3 heteroatoms. The summed E-state index contributed by atoms with van der Waals surface area (Å²) in [5.74, 6) is -0.162. The fourth-order valence-corrected chi connectivity index (χ4v) is 1.15. The highest BCUT2D eigenvalue weighted by atomic mass is 16.2. The number of imide groups is 1. The highest BCUT2D eigenvalue weighted by molar-refractivity contribution is 6.02. The fourth-order valence-electron chi connectivity index (χ4n) is 1.15. The van der Waals surface area contributed by atoms with Crippen molar-refractivity contribution in [2.45, 2.75) is 25.8 Å². The summed E-state index contributed by atoms with van der Waals surface area (Å²) in [5, 5.41) is 0. The summed E-state index contributed by atoms with van der Waals surface area (Å²) < 4.78 is 0. The number of hydrogen-bond acceptors (Lipinski definition) is 2. The van der Waals surface area contributed by atoms with Crippen LogP contribution in [0.5, 0.6) is 0 Å². The third-order valence-electron chi connectivity index (χ3n) is 1.84. The molecule has 0 spiro atoms. The molecule has 60 valence electrons. The molecule has 1 fully saturated rings. The molecule has 0 aromatic carbocycles. The van der Waals surface area contributed by atoms with Gasteiger partial charge >= 0.3 is 0 Å². The van der Waals surface area contributed by atoms with Gasteiger partial charge in [-0.05, 0) is 6.92 Å². The zero-order chi connectivity index (χ0) is 8.43. The van der Waals surface area contributed by atoms with E-state index < -0.39 is 0 Å². The second-order valence-electron chi connectivity index (χ2n) is 2.63. The Kier molecular flexibility index (Phi) is 2.08. The minimum atomic E-state index is -0.155. The molecule has 1 aliphatic rings. The first-order valence-electron chi connectivity index (χ1n) is 3.64. The first-order valence-corrected chi connectivity index (χ1v) is 3.64. The van der Waals surface area contributed by atoms with E-state index in [1.807, 2.05) is 0 Å². The highest BCUT2D eigenvalue weighted by Crippen LogP contribution is 2.15. The number of rotatable bonds is 2. The molecule has 1 unspecified atom stereocenters. The van der Waals surface area contributed by atoms with E-state index in [2.05, 4.69) is 6.58 Å². The minimum absolute atomic E-state index is 0.0811. The van der Waals surface area contributed by atoms with E-state index in [-0.39, 0.29) is 17.9 Å². The van der Waals surface area contributed by atoms with E-state index in [1.165, 1.54) is 4.90 Å². The van der Waals surface area contributed by atoms with Crippen LogP contribution in [-0.4, -0.2) is 22.8 Å². The van der Waals surface area contributed by atoms with Crippen LogP contribution in [0, 0.1) is 0 Å². The van der Waals surface area contributed by atoms with Crippen molar-refractivity contribution in [1.82, 2.24) is 4.90 Å². The van der Waals surface area contributed by atoms with Gasteiger partial charge in [-0.2, -0.15) is 0 Å². The number of amides is 2. The summed E-state index contributed by atoms with van der Waals surface area (Å²) in [4.78, 5) is 23.4. The van der Waals surface area contributed by atoms with Crippen molar-refractivity contribution < 1.29 is 9.59 Å². The SMILES string of the molecule is C=CC(C)N1C(=O)CCC1=O. The molecule has 1 aliphatic heterocycles. The van der Waals surface area contributed by atoms with Gasteiger partial charge in [0.1, 0.15) is 0 Å². The Balaban J connectivity index is 2.75. The monoisotopic (exact) mass is 153 g/mol. The predicted molar refractivity (Wildman–Crippen MR) is 40.7 cm³/mol. The van der Waals surface area contributed by atoms with Crippen LogP contribution in [-0.2, 0) is 9.59 Å². The number of likely N-dealkylation sites (tertiary alicyclic amines) is 1. The third-order valence-corrected chi connectivity index (χ3v) is 1.84. The molecule has 0 N–H and O–H groups in total. The average Bonchev–Trinajstić information content (AvgIpc) is 2.30. The lowest BCUT2D eigenvalue weighted by Crippen LogP contribution is -2.35. The molecule has 2 amide bonds. The molecule has 0 aromatic heterocycles. The van der Waals surface area contributed by atoms with Gasteiger partial charge in [-0.1, -0.05) is 6.08 Å². The summed E-state index contributed by atoms with van der Waals surface area (Å²) in [6.45, 7) is 5.31. The fraction of sp³-hybridized carbons (Fsp3) is 0.500. The Labute approximate surface area is 65.7 Å². The standard InChI is InChI=1S/C8H11NO2/c1-3-6(2)9-7(10)4-5-8(9)11/h3,6H,1,4-5H2,2H3. The van der Waals surface area contributed by atoms with Crippen molar-refractivity contribution in [3.8, 4) is 0 Å². The Bertz CT molecular complexity index is 194. The van der Waals surface area contributed by atoms with E-state index >= 15 is 0 Å². The van der Waals surface area contributed by atoms with Crippen molar-refractivity contribution in [3.63, 3.8) is 0 Å². The van der Waals surface area contributed by atoms with Crippen LogP contribution in [0.15, 0.2) is 12.7 Å². The summed E-state index contributed by atoms with van der Waals surface area (Å²) in [5.41, 5.74) is 0. The predicted octanol–water partition coefficient (Wildman–Crippen LogP) is 0.710. The van der Waals surface area contributed by atoms with Gasteiger partial charge in [0.05, 0.1) is 6.04 Å². The largest absolute Gasteiger partial charge is 0.276 e. The summed E-state index contributed by atoms with van der Waals surface area (Å²) in [6.07, 6.45) is 2.31. The smallest absolute Gasteiger partial charge is 0.230 e. The molecule has 1 heterocycles. The molecular formula is C8H11NO2. The van der Waals surface area contributed by atoms with Crippen molar-refractivity contribution in [1.29, 1.82) is 0 Å². The summed E-state index contributed by atoms with van der Waals surface area (Å²) in [6, 6.07) is -0.155. The number of carbonyl (C=O) groups excluding carboxylic acids is 2. The topological polar surface area (TPSA) is 37.4 Å². The van der Waals surface area contributed by atoms with E-state index in [9.17, 15) is 9.59 Å². The van der Waals surface area contributed by atoms with E-state index in [4.69, 9.17) is 0 Å². The average molecular weight is 153 g/mol. The molecule has 0 aromatic rings. The normalized spacial score (nSPS) is 20.6. The Morgan fingerprint density at radius 1 is 1.45 bits per heavy atom. The Morgan fingerprint density at radius 3 is 2.27 bits per heavy atom. The van der Waals surface area contributed by atoms with Crippen LogP contribution < -0.4 is 0 Å². The molecule has 0 radical (unpaired) electrons. The summed E-state index contributed by atoms with van der Waals surface area (Å²) in [7, 11) is 0. The van der Waals surface area contributed by atoms with E-state index in [0.29, 0.717) is 12.8 Å². The molecule has 1 rings (SSSR count). The maximum absolute atomic E-state index is 11.0. The maximum Gasteiger partial charge on any atom is 0.230 e. The number of nitrogens with zero attached hydrogens (tertiary/aromatic N) is 1. The zero-order valence-electron chi connectivity index (χ0n) is 6.54. The second kappa shape index (κ2) is 2.86. The molecule has 3 nitrogen and oxygen atoms in total. The van der Waals surface area contributed by atoms with Crippen LogP contribution in [0.4, 0.5) is 0 Å². The molecule has 0 saturated carbocycles. The number of carbonyl (C=O) groups is 2. The van der Waals surface area contributed by atoms with Crippen molar-refractivity contribution in [3.05, 3.63) is 12.7 Å². The van der Waals surface area contributed by atoms with Gasteiger partial charge in [-0.15, -0.1) is 6.58 Å². The molecule has 0 bridgehead atoms. The lowest BCUT2D eigenvalue weighted by Gasteiger charge is -2.18. The van der Waals surface area contributed by atoms with Gasteiger partial charge in [0.25, 0.3) is 0 Å². The third kappa shape index (κ3) is 1.31. The summed E-state index contributed by atoms with van der Waals surface area (Å²) >= 11 is 0. The Hall–Kier alpha value is -1.12. The lowest BCUT2D eigenvalue weighted by molar-refractivity contribution is -0.139. The number of hydrogen-bond donors (Lipinski definition) is 0. The van der Waals surface area contributed by atoms with Crippen molar-refractivity contribution in [2.24, 2.45) is 0 Å².